The Bertz CT molecular complexity index is 1430. The van der Waals surface area contributed by atoms with E-state index >= 15 is 0 Å². The molecule has 1 saturated heterocycles. The van der Waals surface area contributed by atoms with E-state index in [2.05, 4.69) is 25.5 Å². The number of aromatic nitrogens is 4. The summed E-state index contributed by atoms with van der Waals surface area (Å²) in [5.41, 5.74) is 3.77. The van der Waals surface area contributed by atoms with E-state index in [0.29, 0.717) is 5.57 Å². The summed E-state index contributed by atoms with van der Waals surface area (Å²) < 4.78 is 1.24. The first-order valence-electron chi connectivity index (χ1n) is 9.94. The topological polar surface area (TPSA) is 218 Å². The Labute approximate surface area is 242 Å². The molecule has 2 aromatic heterocycles. The zero-order valence-corrected chi connectivity index (χ0v) is 24.0. The van der Waals surface area contributed by atoms with Crippen LogP contribution in [-0.2, 0) is 26.3 Å². The van der Waals surface area contributed by atoms with E-state index in [1.165, 1.54) is 36.0 Å². The molecule has 0 radical (unpaired) electrons. The molecular formula is C18H17N8NaO7S3. The van der Waals surface area contributed by atoms with E-state index in [4.69, 9.17) is 10.6 Å². The summed E-state index contributed by atoms with van der Waals surface area (Å²) in [5.74, 6) is -2.68. The van der Waals surface area contributed by atoms with Crippen molar-refractivity contribution in [3.05, 3.63) is 43.1 Å². The van der Waals surface area contributed by atoms with Crippen molar-refractivity contribution in [1.29, 1.82) is 0 Å². The Kier molecular flexibility index (Phi) is 9.24. The molecule has 2 atom stereocenters. The molecule has 2 aliphatic heterocycles. The molecule has 4 heterocycles. The molecule has 2 aromatic rings. The molecule has 37 heavy (non-hydrogen) atoms. The number of hydrogen-bond donors (Lipinski definition) is 3. The van der Waals surface area contributed by atoms with E-state index < -0.39 is 40.3 Å². The summed E-state index contributed by atoms with van der Waals surface area (Å²) in [4.78, 5) is 74.0. The van der Waals surface area contributed by atoms with Crippen LogP contribution < -0.4 is 56.8 Å². The summed E-state index contributed by atoms with van der Waals surface area (Å²) in [6, 6.07) is -1.02. The summed E-state index contributed by atoms with van der Waals surface area (Å²) in [5, 5.41) is 21.6. The van der Waals surface area contributed by atoms with Crippen LogP contribution >= 0.6 is 34.9 Å². The number of H-pyrrole nitrogens is 1. The number of oxime groups is 1. The van der Waals surface area contributed by atoms with Gasteiger partial charge in [0, 0.05) is 23.9 Å². The number of rotatable bonds is 8. The van der Waals surface area contributed by atoms with Gasteiger partial charge in [0.1, 0.15) is 24.2 Å². The van der Waals surface area contributed by atoms with E-state index in [-0.39, 0.29) is 68.5 Å². The second kappa shape index (κ2) is 11.8. The number of carbonyl (C=O) groups is 3. The van der Waals surface area contributed by atoms with Gasteiger partial charge in [-0.05, 0) is 5.57 Å². The number of aryl methyl sites for hydroxylation is 1. The number of nitrogens with zero attached hydrogens (tertiary/aromatic N) is 5. The van der Waals surface area contributed by atoms with Crippen molar-refractivity contribution in [1.82, 2.24) is 30.0 Å². The number of carboxylic acids is 1. The maximum atomic E-state index is 12.9. The number of aliphatic carboxylic acids is 1. The fourth-order valence-corrected chi connectivity index (χ4v) is 6.38. The average Bonchev–Trinajstić information content (AvgIpc) is 3.27. The van der Waals surface area contributed by atoms with Crippen LogP contribution in [0.5, 0.6) is 0 Å². The fraction of sp³-hybridized carbons (Fsp3) is 0.333. The molecule has 2 amide bonds. The summed E-state index contributed by atoms with van der Waals surface area (Å²) in [7, 11) is 2.72. The van der Waals surface area contributed by atoms with Crippen molar-refractivity contribution < 1.29 is 53.9 Å². The Morgan fingerprint density at radius 2 is 2.11 bits per heavy atom. The van der Waals surface area contributed by atoms with Gasteiger partial charge in [-0.3, -0.25) is 33.9 Å². The number of hydrogen-bond acceptors (Lipinski definition) is 14. The van der Waals surface area contributed by atoms with Crippen molar-refractivity contribution >= 4 is 63.5 Å². The molecule has 0 saturated carbocycles. The van der Waals surface area contributed by atoms with Crippen molar-refractivity contribution in [2.24, 2.45) is 12.2 Å². The van der Waals surface area contributed by atoms with Gasteiger partial charge in [0.15, 0.2) is 16.0 Å². The van der Waals surface area contributed by atoms with Crippen LogP contribution in [0, 0.1) is 0 Å². The third-order valence-electron chi connectivity index (χ3n) is 5.01. The summed E-state index contributed by atoms with van der Waals surface area (Å²) >= 11 is 3.35. The first-order valence-corrected chi connectivity index (χ1v) is 12.8. The Morgan fingerprint density at radius 3 is 2.73 bits per heavy atom. The number of anilines is 1. The average molecular weight is 577 g/mol. The van der Waals surface area contributed by atoms with Crippen molar-refractivity contribution in [3.8, 4) is 0 Å². The number of nitrogens with one attached hydrogen (secondary N) is 2. The number of carbonyl (C=O) groups excluding carboxylic acids is 3. The number of nitrogen functional groups attached to an aromatic ring is 1. The van der Waals surface area contributed by atoms with Gasteiger partial charge in [-0.15, -0.1) is 23.1 Å². The SMILES string of the molecule is CON=C(C(=O)NC1C(=O)N2C(C(=O)[O-])=C(CSc3nc(=O)c(=O)[nH]n3C)CS[C@H]12)c1csc(N)n1.[Na+]. The van der Waals surface area contributed by atoms with Crippen LogP contribution in [0.25, 0.3) is 0 Å². The van der Waals surface area contributed by atoms with Crippen LogP contribution in [0.15, 0.2) is 36.6 Å². The number of β-lactam (4-membered cyclic amide) rings is 1. The predicted molar refractivity (Wildman–Crippen MR) is 128 cm³/mol. The number of thioether (sulfide) groups is 2. The van der Waals surface area contributed by atoms with Crippen molar-refractivity contribution in [2.75, 3.05) is 24.3 Å². The van der Waals surface area contributed by atoms with Gasteiger partial charge in [0.2, 0.25) is 0 Å². The van der Waals surface area contributed by atoms with E-state index in [1.807, 2.05) is 0 Å². The number of nitrogens with two attached hydrogens (primary N) is 1. The predicted octanol–water partition coefficient (Wildman–Crippen LogP) is -5.94. The molecule has 1 fully saturated rings. The van der Waals surface area contributed by atoms with Gasteiger partial charge < -0.3 is 25.8 Å². The van der Waals surface area contributed by atoms with Gasteiger partial charge in [0.05, 0.1) is 11.7 Å². The number of aromatic amines is 1. The van der Waals surface area contributed by atoms with E-state index in [9.17, 15) is 29.1 Å². The fourth-order valence-electron chi connectivity index (χ4n) is 3.43. The van der Waals surface area contributed by atoms with E-state index in [0.717, 1.165) is 28.0 Å². The van der Waals surface area contributed by atoms with Crippen molar-refractivity contribution in [2.45, 2.75) is 16.6 Å². The number of carboxylic acid groups (broad SMARTS) is 1. The Morgan fingerprint density at radius 1 is 1.38 bits per heavy atom. The van der Waals surface area contributed by atoms with Gasteiger partial charge in [-0.25, -0.2) is 4.98 Å². The molecule has 190 valence electrons. The summed E-state index contributed by atoms with van der Waals surface area (Å²) in [6.07, 6.45) is 0. The minimum atomic E-state index is -1.56. The zero-order chi connectivity index (χ0) is 26.1. The van der Waals surface area contributed by atoms with Crippen LogP contribution in [0.3, 0.4) is 0 Å². The molecular weight excluding hydrogens is 559 g/mol. The number of fused-ring (bicyclic) bond motifs is 1. The quantitative estimate of drug-likeness (QED) is 0.0668. The number of amides is 2. The van der Waals surface area contributed by atoms with Crippen LogP contribution in [0.4, 0.5) is 5.13 Å². The van der Waals surface area contributed by atoms with Crippen molar-refractivity contribution in [3.63, 3.8) is 0 Å². The molecule has 19 heteroatoms. The molecule has 0 bridgehead atoms. The molecule has 4 N–H and O–H groups in total. The molecule has 0 spiro atoms. The van der Waals surface area contributed by atoms with Crippen LogP contribution in [0.1, 0.15) is 5.69 Å². The number of thiazole rings is 1. The monoisotopic (exact) mass is 576 g/mol. The van der Waals surface area contributed by atoms with Gasteiger partial charge in [-0.2, -0.15) is 4.98 Å². The molecule has 15 nitrogen and oxygen atoms in total. The van der Waals surface area contributed by atoms with Crippen LogP contribution in [0.2, 0.25) is 0 Å². The largest absolute Gasteiger partial charge is 1.00 e. The Balaban J connectivity index is 0.00000380. The second-order valence-corrected chi connectivity index (χ2v) is 10.2. The standard InChI is InChI=1S/C18H18N8O7S3.Na/c1-25-18(22-12(28)13(29)23-25)36-4-6-3-34-15-9(14(30)26(15)10(6)16(31)32)21-11(27)8(24-33-2)7-5-35-17(19)20-7;/h5,9,15H,3-4H2,1-2H3,(H2,19,20)(H,21,27)(H,23,29)(H,31,32);/q;+1/p-1/t9?,15-;/m1./s1. The molecule has 2 aliphatic rings. The normalized spacial score (nSPS) is 19.0. The maximum absolute atomic E-state index is 12.9. The minimum absolute atomic E-state index is 0. The van der Waals surface area contributed by atoms with Gasteiger partial charge in [-0.1, -0.05) is 16.9 Å². The summed E-state index contributed by atoms with van der Waals surface area (Å²) in [6.45, 7) is 0. The molecule has 0 aromatic carbocycles. The smallest absolute Gasteiger partial charge is 0.543 e. The second-order valence-electron chi connectivity index (χ2n) is 7.28. The molecule has 1 unspecified atom stereocenters. The zero-order valence-electron chi connectivity index (χ0n) is 19.5. The van der Waals surface area contributed by atoms with Gasteiger partial charge >= 0.3 is 40.7 Å². The minimum Gasteiger partial charge on any atom is -0.543 e. The molecule has 4 rings (SSSR count). The first kappa shape index (κ1) is 28.9. The van der Waals surface area contributed by atoms with Gasteiger partial charge in [0.25, 0.3) is 11.8 Å². The molecule has 0 aliphatic carbocycles. The third kappa shape index (κ3) is 5.78. The maximum Gasteiger partial charge on any atom is 1.00 e. The van der Waals surface area contributed by atoms with E-state index in [1.54, 1.807) is 0 Å². The first-order chi connectivity index (χ1) is 17.1. The Hall–Kier alpha value is -2.64. The third-order valence-corrected chi connectivity index (χ3v) is 8.14. The van der Waals surface area contributed by atoms with Crippen LogP contribution in [-0.4, -0.2) is 78.2 Å².